The molecule has 15 heavy (non-hydrogen) atoms. The van der Waals surface area contributed by atoms with E-state index in [1.807, 2.05) is 10.6 Å². The van der Waals surface area contributed by atoms with Gasteiger partial charge in [-0.1, -0.05) is 13.8 Å². The van der Waals surface area contributed by atoms with Crippen molar-refractivity contribution >= 4 is 23.2 Å². The van der Waals surface area contributed by atoms with Crippen molar-refractivity contribution in [2.45, 2.75) is 18.9 Å². The lowest BCUT2D eigenvalue weighted by Gasteiger charge is -2.06. The highest BCUT2D eigenvalue weighted by Gasteiger charge is 2.07. The van der Waals surface area contributed by atoms with Crippen LogP contribution in [0, 0.1) is 5.92 Å². The minimum Gasteiger partial charge on any atom is -0.382 e. The molecule has 2 aromatic rings. The Morgan fingerprint density at radius 3 is 3.07 bits per heavy atom. The van der Waals surface area contributed by atoms with Crippen LogP contribution >= 0.6 is 11.8 Å². The molecule has 0 bridgehead atoms. The van der Waals surface area contributed by atoms with Crippen LogP contribution < -0.4 is 5.73 Å². The molecule has 0 radical (unpaired) electrons. The highest BCUT2D eigenvalue weighted by molar-refractivity contribution is 7.99. The summed E-state index contributed by atoms with van der Waals surface area (Å²) in [4.78, 5) is 8.56. The lowest BCUT2D eigenvalue weighted by atomic mass is 10.3. The number of nitrogens with zero attached hydrogens (tertiary/aromatic N) is 3. The number of anilines is 1. The third kappa shape index (κ3) is 2.23. The van der Waals surface area contributed by atoms with E-state index in [2.05, 4.69) is 23.8 Å². The first kappa shape index (κ1) is 10.3. The first-order chi connectivity index (χ1) is 7.16. The number of imidazole rings is 1. The Bertz CT molecular complexity index is 463. The minimum absolute atomic E-state index is 0.534. The van der Waals surface area contributed by atoms with Crippen molar-refractivity contribution in [2.75, 3.05) is 11.5 Å². The predicted molar refractivity (Wildman–Crippen MR) is 63.0 cm³/mol. The molecular formula is C10H14N4S. The summed E-state index contributed by atoms with van der Waals surface area (Å²) >= 11 is 1.70. The van der Waals surface area contributed by atoms with Gasteiger partial charge in [-0.25, -0.2) is 9.97 Å². The summed E-state index contributed by atoms with van der Waals surface area (Å²) in [5.74, 6) is 2.19. The minimum atomic E-state index is 0.534. The van der Waals surface area contributed by atoms with E-state index < -0.39 is 0 Å². The molecule has 0 aliphatic carbocycles. The molecule has 0 atom stereocenters. The van der Waals surface area contributed by atoms with Gasteiger partial charge in [-0.15, -0.1) is 11.8 Å². The summed E-state index contributed by atoms with van der Waals surface area (Å²) in [5.41, 5.74) is 6.60. The molecule has 2 heterocycles. The van der Waals surface area contributed by atoms with Gasteiger partial charge in [0.1, 0.15) is 10.8 Å². The second kappa shape index (κ2) is 4.10. The van der Waals surface area contributed by atoms with Crippen LogP contribution in [0.25, 0.3) is 5.65 Å². The Morgan fingerprint density at radius 2 is 2.33 bits per heavy atom. The molecule has 0 spiro atoms. The first-order valence-corrected chi connectivity index (χ1v) is 5.87. The SMILES string of the molecule is CC(C)CSc1nc(N)cn2ccnc12. The summed E-state index contributed by atoms with van der Waals surface area (Å²) in [6.45, 7) is 4.37. The zero-order chi connectivity index (χ0) is 10.8. The number of hydrogen-bond donors (Lipinski definition) is 1. The van der Waals surface area contributed by atoms with Crippen LogP contribution in [0.15, 0.2) is 23.6 Å². The second-order valence-electron chi connectivity index (χ2n) is 3.83. The Balaban J connectivity index is 2.35. The Hall–Kier alpha value is -1.23. The fraction of sp³-hybridized carbons (Fsp3) is 0.400. The highest BCUT2D eigenvalue weighted by atomic mass is 32.2. The molecule has 2 rings (SSSR count). The summed E-state index contributed by atoms with van der Waals surface area (Å²) in [7, 11) is 0. The maximum absolute atomic E-state index is 5.72. The van der Waals surface area contributed by atoms with Crippen molar-refractivity contribution in [3.05, 3.63) is 18.6 Å². The number of nitrogen functional groups attached to an aromatic ring is 1. The van der Waals surface area contributed by atoms with Crippen LogP contribution in [-0.4, -0.2) is 20.1 Å². The van der Waals surface area contributed by atoms with Crippen molar-refractivity contribution in [1.82, 2.24) is 14.4 Å². The standard InChI is InChI=1S/C10H14N4S/c1-7(2)6-15-10-9-12-3-4-14(9)5-8(11)13-10/h3-5,7H,6,11H2,1-2H3. The van der Waals surface area contributed by atoms with Crippen molar-refractivity contribution in [2.24, 2.45) is 5.92 Å². The van der Waals surface area contributed by atoms with Crippen LogP contribution in [0.1, 0.15) is 13.8 Å². The summed E-state index contributed by atoms with van der Waals surface area (Å²) in [5, 5.41) is 0.911. The molecule has 0 unspecified atom stereocenters. The monoisotopic (exact) mass is 222 g/mol. The molecule has 0 saturated carbocycles. The maximum atomic E-state index is 5.72. The zero-order valence-corrected chi connectivity index (χ0v) is 9.66. The molecule has 4 nitrogen and oxygen atoms in total. The largest absolute Gasteiger partial charge is 0.382 e. The second-order valence-corrected chi connectivity index (χ2v) is 4.84. The molecule has 0 amide bonds. The molecule has 2 N–H and O–H groups in total. The predicted octanol–water partition coefficient (Wildman–Crippen LogP) is 2.06. The number of fused-ring (bicyclic) bond motifs is 1. The smallest absolute Gasteiger partial charge is 0.169 e. The van der Waals surface area contributed by atoms with Crippen LogP contribution in [0.2, 0.25) is 0 Å². The van der Waals surface area contributed by atoms with Crippen LogP contribution in [0.4, 0.5) is 5.82 Å². The fourth-order valence-corrected chi connectivity index (χ4v) is 2.21. The molecule has 0 aromatic carbocycles. The lowest BCUT2D eigenvalue weighted by molar-refractivity contribution is 0.749. The van der Waals surface area contributed by atoms with Crippen LogP contribution in [-0.2, 0) is 0 Å². The van der Waals surface area contributed by atoms with Gasteiger partial charge in [0.15, 0.2) is 5.65 Å². The van der Waals surface area contributed by atoms with E-state index in [0.717, 1.165) is 16.4 Å². The molecule has 0 saturated heterocycles. The maximum Gasteiger partial charge on any atom is 0.169 e. The molecule has 5 heteroatoms. The zero-order valence-electron chi connectivity index (χ0n) is 8.84. The molecular weight excluding hydrogens is 208 g/mol. The number of nitrogens with two attached hydrogens (primary N) is 1. The molecule has 2 aromatic heterocycles. The van der Waals surface area contributed by atoms with Gasteiger partial charge in [0.25, 0.3) is 0 Å². The summed E-state index contributed by atoms with van der Waals surface area (Å²) in [6, 6.07) is 0. The number of hydrogen-bond acceptors (Lipinski definition) is 4. The third-order valence-corrected chi connectivity index (χ3v) is 3.30. The van der Waals surface area contributed by atoms with Gasteiger partial charge in [0.05, 0.1) is 6.20 Å². The van der Waals surface area contributed by atoms with Crippen molar-refractivity contribution in [3.63, 3.8) is 0 Å². The highest BCUT2D eigenvalue weighted by Crippen LogP contribution is 2.23. The third-order valence-electron chi connectivity index (χ3n) is 1.92. The Morgan fingerprint density at radius 1 is 1.53 bits per heavy atom. The van der Waals surface area contributed by atoms with Crippen molar-refractivity contribution in [1.29, 1.82) is 0 Å². The lowest BCUT2D eigenvalue weighted by Crippen LogP contribution is -1.99. The van der Waals surface area contributed by atoms with Crippen LogP contribution in [0.5, 0.6) is 0 Å². The average molecular weight is 222 g/mol. The van der Waals surface area contributed by atoms with Crippen LogP contribution in [0.3, 0.4) is 0 Å². The number of thioether (sulfide) groups is 1. The summed E-state index contributed by atoms with van der Waals surface area (Å²) < 4.78 is 1.91. The number of rotatable bonds is 3. The van der Waals surface area contributed by atoms with E-state index in [1.54, 1.807) is 24.2 Å². The Labute approximate surface area is 92.9 Å². The molecule has 80 valence electrons. The van der Waals surface area contributed by atoms with E-state index in [9.17, 15) is 0 Å². The molecule has 0 fully saturated rings. The van der Waals surface area contributed by atoms with E-state index in [1.165, 1.54) is 0 Å². The van der Waals surface area contributed by atoms with Crippen molar-refractivity contribution < 1.29 is 0 Å². The van der Waals surface area contributed by atoms with E-state index in [0.29, 0.717) is 11.7 Å². The number of aromatic nitrogens is 3. The van der Waals surface area contributed by atoms with E-state index >= 15 is 0 Å². The Kier molecular flexibility index (Phi) is 2.81. The van der Waals surface area contributed by atoms with Gasteiger partial charge in [-0.3, -0.25) is 0 Å². The topological polar surface area (TPSA) is 56.2 Å². The first-order valence-electron chi connectivity index (χ1n) is 4.89. The van der Waals surface area contributed by atoms with Gasteiger partial charge >= 0.3 is 0 Å². The quantitative estimate of drug-likeness (QED) is 0.808. The fourth-order valence-electron chi connectivity index (χ4n) is 1.26. The normalized spacial score (nSPS) is 11.4. The van der Waals surface area contributed by atoms with Gasteiger partial charge in [0, 0.05) is 18.1 Å². The van der Waals surface area contributed by atoms with E-state index in [4.69, 9.17) is 5.73 Å². The molecule has 0 aliphatic rings. The van der Waals surface area contributed by atoms with Gasteiger partial charge in [-0.05, 0) is 5.92 Å². The van der Waals surface area contributed by atoms with Gasteiger partial charge in [-0.2, -0.15) is 0 Å². The molecule has 0 aliphatic heterocycles. The van der Waals surface area contributed by atoms with E-state index in [-0.39, 0.29) is 0 Å². The average Bonchev–Trinajstić information content (AvgIpc) is 2.61. The summed E-state index contributed by atoms with van der Waals surface area (Å²) in [6.07, 6.45) is 5.42. The van der Waals surface area contributed by atoms with Gasteiger partial charge < -0.3 is 10.1 Å². The van der Waals surface area contributed by atoms with Crippen molar-refractivity contribution in [3.8, 4) is 0 Å². The van der Waals surface area contributed by atoms with Gasteiger partial charge in [0.2, 0.25) is 0 Å².